The van der Waals surface area contributed by atoms with Crippen molar-refractivity contribution in [2.75, 3.05) is 24.2 Å². The molecule has 0 unspecified atom stereocenters. The summed E-state index contributed by atoms with van der Waals surface area (Å²) >= 11 is 15.3. The van der Waals surface area contributed by atoms with E-state index < -0.39 is 0 Å². The highest BCUT2D eigenvalue weighted by Crippen LogP contribution is 2.40. The van der Waals surface area contributed by atoms with Crippen molar-refractivity contribution < 1.29 is 4.79 Å². The zero-order valence-corrected chi connectivity index (χ0v) is 19.5. The molecule has 1 aromatic carbocycles. The lowest BCUT2D eigenvalue weighted by Gasteiger charge is -2.27. The Bertz CT molecular complexity index is 999. The molecule has 1 aromatic heterocycles. The van der Waals surface area contributed by atoms with Crippen molar-refractivity contribution in [1.82, 2.24) is 4.90 Å². The molecule has 2 aliphatic heterocycles. The molecule has 0 spiro atoms. The molecule has 0 radical (unpaired) electrons. The second-order valence-electron chi connectivity index (χ2n) is 7.33. The number of fused-ring (bicyclic) bond motifs is 3. The third kappa shape index (κ3) is 4.38. The Morgan fingerprint density at radius 2 is 2.21 bits per heavy atom. The van der Waals surface area contributed by atoms with E-state index in [1.54, 1.807) is 23.1 Å². The van der Waals surface area contributed by atoms with E-state index in [1.165, 1.54) is 10.4 Å². The van der Waals surface area contributed by atoms with Crippen LogP contribution in [0.5, 0.6) is 0 Å². The molecule has 2 aliphatic rings. The first-order valence-corrected chi connectivity index (χ1v) is 12.2. The Kier molecular flexibility index (Phi) is 6.30. The molecule has 4 rings (SSSR count). The molecule has 0 atom stereocenters. The predicted octanol–water partition coefficient (Wildman–Crippen LogP) is 5.02. The number of thioether (sulfide) groups is 1. The molecule has 1 N–H and O–H groups in total. The summed E-state index contributed by atoms with van der Waals surface area (Å²) in [6.07, 6.45) is 0.817. The Morgan fingerprint density at radius 1 is 1.41 bits per heavy atom. The van der Waals surface area contributed by atoms with Gasteiger partial charge in [-0.3, -0.25) is 9.79 Å². The maximum atomic E-state index is 12.6. The zero-order chi connectivity index (χ0) is 20.5. The van der Waals surface area contributed by atoms with Crippen molar-refractivity contribution in [1.29, 1.82) is 0 Å². The fourth-order valence-corrected chi connectivity index (χ4v) is 5.96. The number of thiocarbonyl (C=S) groups is 1. The number of thiophene rings is 1. The van der Waals surface area contributed by atoms with E-state index in [2.05, 4.69) is 19.2 Å². The third-order valence-corrected chi connectivity index (χ3v) is 7.72. The lowest BCUT2D eigenvalue weighted by molar-refractivity contribution is -0.129. The van der Waals surface area contributed by atoms with Crippen molar-refractivity contribution >= 4 is 68.5 Å². The standard InChI is InChI=1S/C21H22ClN3OS3/c1-12(2)28-11-18(26)25-8-7-14-16(10-25)29-21-19(14)20(23-9-17(27)24-21)13-5-3-4-6-15(13)22/h3-6,12H,7-11H2,1-2H3,(H,24,27). The molecule has 0 saturated carbocycles. The number of nitrogens with one attached hydrogen (secondary N) is 1. The van der Waals surface area contributed by atoms with Crippen molar-refractivity contribution in [3.8, 4) is 0 Å². The van der Waals surface area contributed by atoms with Gasteiger partial charge in [0.15, 0.2) is 0 Å². The van der Waals surface area contributed by atoms with Gasteiger partial charge in [-0.1, -0.05) is 55.9 Å². The molecule has 2 aromatic rings. The number of halogens is 1. The van der Waals surface area contributed by atoms with E-state index in [4.69, 9.17) is 28.8 Å². The Labute approximate surface area is 189 Å². The van der Waals surface area contributed by atoms with Crippen LogP contribution in [-0.4, -0.2) is 45.6 Å². The lowest BCUT2D eigenvalue weighted by atomic mass is 9.95. The fourth-order valence-electron chi connectivity index (χ4n) is 3.55. The molecule has 1 amide bonds. The number of carbonyl (C=O) groups is 1. The summed E-state index contributed by atoms with van der Waals surface area (Å²) in [5.41, 5.74) is 4.18. The first-order chi connectivity index (χ1) is 13.9. The first kappa shape index (κ1) is 20.8. The van der Waals surface area contributed by atoms with E-state index in [0.29, 0.717) is 34.1 Å². The van der Waals surface area contributed by atoms with Crippen LogP contribution in [0.3, 0.4) is 0 Å². The van der Waals surface area contributed by atoms with Gasteiger partial charge in [0.25, 0.3) is 0 Å². The van der Waals surface area contributed by atoms with Crippen molar-refractivity contribution in [2.45, 2.75) is 32.1 Å². The highest BCUT2D eigenvalue weighted by molar-refractivity contribution is 8.00. The van der Waals surface area contributed by atoms with Crippen LogP contribution >= 0.6 is 46.9 Å². The van der Waals surface area contributed by atoms with Crippen LogP contribution in [0.25, 0.3) is 0 Å². The summed E-state index contributed by atoms with van der Waals surface area (Å²) in [6.45, 7) is 6.06. The van der Waals surface area contributed by atoms with Crippen LogP contribution < -0.4 is 5.32 Å². The van der Waals surface area contributed by atoms with E-state index >= 15 is 0 Å². The summed E-state index contributed by atoms with van der Waals surface area (Å²) in [4.78, 5) is 21.3. The molecule has 152 valence electrons. The Morgan fingerprint density at radius 3 is 2.97 bits per heavy atom. The van der Waals surface area contributed by atoms with E-state index in [-0.39, 0.29) is 5.91 Å². The molecule has 0 bridgehead atoms. The number of rotatable bonds is 4. The minimum absolute atomic E-state index is 0.210. The quantitative estimate of drug-likeness (QED) is 0.646. The van der Waals surface area contributed by atoms with Crippen LogP contribution in [-0.2, 0) is 17.8 Å². The van der Waals surface area contributed by atoms with Crippen molar-refractivity contribution in [3.05, 3.63) is 50.9 Å². The number of amides is 1. The first-order valence-electron chi connectivity index (χ1n) is 9.57. The van der Waals surface area contributed by atoms with Gasteiger partial charge in [0.2, 0.25) is 5.91 Å². The highest BCUT2D eigenvalue weighted by atomic mass is 35.5. The van der Waals surface area contributed by atoms with Crippen molar-refractivity contribution in [3.63, 3.8) is 0 Å². The summed E-state index contributed by atoms with van der Waals surface area (Å²) in [6, 6.07) is 7.80. The zero-order valence-electron chi connectivity index (χ0n) is 16.3. The van der Waals surface area contributed by atoms with Gasteiger partial charge >= 0.3 is 0 Å². The van der Waals surface area contributed by atoms with Gasteiger partial charge < -0.3 is 10.2 Å². The minimum atomic E-state index is 0.210. The van der Waals surface area contributed by atoms with Crippen molar-refractivity contribution in [2.24, 2.45) is 4.99 Å². The number of benzene rings is 1. The molecule has 0 saturated heterocycles. The number of anilines is 1. The number of aliphatic imine (C=N–C) groups is 1. The van der Waals surface area contributed by atoms with Crippen LogP contribution in [0.2, 0.25) is 5.02 Å². The molecule has 0 fully saturated rings. The van der Waals surface area contributed by atoms with Gasteiger partial charge in [0.1, 0.15) is 9.99 Å². The minimum Gasteiger partial charge on any atom is -0.340 e. The van der Waals surface area contributed by atoms with Gasteiger partial charge in [-0.25, -0.2) is 0 Å². The van der Waals surface area contributed by atoms with Gasteiger partial charge in [0, 0.05) is 27.6 Å². The molecule has 0 aliphatic carbocycles. The lowest BCUT2D eigenvalue weighted by Crippen LogP contribution is -2.37. The molecular weight excluding hydrogens is 442 g/mol. The summed E-state index contributed by atoms with van der Waals surface area (Å²) < 4.78 is 0. The second-order valence-corrected chi connectivity index (χ2v) is 10.9. The number of nitrogens with zero attached hydrogens (tertiary/aromatic N) is 2. The normalized spacial score (nSPS) is 16.1. The van der Waals surface area contributed by atoms with Crippen LogP contribution in [0.4, 0.5) is 5.00 Å². The van der Waals surface area contributed by atoms with E-state index in [1.807, 2.05) is 29.2 Å². The summed E-state index contributed by atoms with van der Waals surface area (Å²) in [5.74, 6) is 0.744. The van der Waals surface area contributed by atoms with Crippen LogP contribution in [0, 0.1) is 0 Å². The van der Waals surface area contributed by atoms with Crippen LogP contribution in [0.1, 0.15) is 35.4 Å². The monoisotopic (exact) mass is 463 g/mol. The second kappa shape index (κ2) is 8.76. The maximum absolute atomic E-state index is 12.6. The van der Waals surface area contributed by atoms with Crippen LogP contribution in [0.15, 0.2) is 29.3 Å². The van der Waals surface area contributed by atoms with E-state index in [9.17, 15) is 4.79 Å². The average molecular weight is 464 g/mol. The largest absolute Gasteiger partial charge is 0.340 e. The predicted molar refractivity (Wildman–Crippen MR) is 129 cm³/mol. The smallest absolute Gasteiger partial charge is 0.232 e. The van der Waals surface area contributed by atoms with Gasteiger partial charge in [0.05, 0.1) is 24.6 Å². The fraction of sp³-hybridized carbons (Fsp3) is 0.381. The molecule has 29 heavy (non-hydrogen) atoms. The van der Waals surface area contributed by atoms with Gasteiger partial charge in [-0.2, -0.15) is 0 Å². The average Bonchev–Trinajstić information content (AvgIpc) is 2.95. The summed E-state index contributed by atoms with van der Waals surface area (Å²) in [7, 11) is 0. The number of carbonyl (C=O) groups excluding carboxylic acids is 1. The molecule has 8 heteroatoms. The third-order valence-electron chi connectivity index (χ3n) is 4.95. The molecular formula is C21H22ClN3OS3. The maximum Gasteiger partial charge on any atom is 0.232 e. The van der Waals surface area contributed by atoms with Gasteiger partial charge in [-0.15, -0.1) is 23.1 Å². The SMILES string of the molecule is CC(C)SCC(=O)N1CCc2c(sc3c2C(c2ccccc2Cl)=NCC(=S)N3)C1. The number of hydrogen-bond acceptors (Lipinski definition) is 5. The number of hydrogen-bond donors (Lipinski definition) is 1. The Hall–Kier alpha value is -1.41. The topological polar surface area (TPSA) is 44.7 Å². The Balaban J connectivity index is 1.69. The molecule has 3 heterocycles. The molecule has 4 nitrogen and oxygen atoms in total. The van der Waals surface area contributed by atoms with E-state index in [0.717, 1.165) is 34.8 Å². The summed E-state index contributed by atoms with van der Waals surface area (Å²) in [5, 5.41) is 5.52. The highest BCUT2D eigenvalue weighted by Gasteiger charge is 2.31. The van der Waals surface area contributed by atoms with Gasteiger partial charge in [-0.05, 0) is 23.3 Å².